The molecule has 2 aliphatic heterocycles. The maximum atomic E-state index is 12.0. The van der Waals surface area contributed by atoms with Crippen molar-refractivity contribution in [2.75, 3.05) is 164 Å². The minimum atomic E-state index is -0.0614. The Bertz CT molecular complexity index is 866. The summed E-state index contributed by atoms with van der Waals surface area (Å²) in [6, 6.07) is 0.404. The first-order chi connectivity index (χ1) is 26.2. The molecule has 2 heterocycles. The molecule has 54 heavy (non-hydrogen) atoms. The van der Waals surface area contributed by atoms with Crippen molar-refractivity contribution in [3.63, 3.8) is 0 Å². The van der Waals surface area contributed by atoms with Crippen molar-refractivity contribution >= 4 is 36.1 Å². The van der Waals surface area contributed by atoms with Gasteiger partial charge in [0.1, 0.15) is 0 Å². The molecule has 0 aliphatic carbocycles. The topological polar surface area (TPSA) is 207 Å². The summed E-state index contributed by atoms with van der Waals surface area (Å²) in [6.45, 7) is 11.6. The van der Waals surface area contributed by atoms with Crippen LogP contribution in [0.3, 0.4) is 0 Å². The molecule has 2 fully saturated rings. The molecule has 0 radical (unpaired) electrons. The zero-order chi connectivity index (χ0) is 37.7. The summed E-state index contributed by atoms with van der Waals surface area (Å²) in [5.74, 6) is 5.90. The highest BCUT2D eigenvalue weighted by Crippen LogP contribution is 2.33. The molecule has 2 aliphatic rings. The van der Waals surface area contributed by atoms with Crippen LogP contribution in [0.15, 0.2) is 0 Å². The Balaban J connectivity index is 0.0000146. The number of ether oxygens (including phenoxy) is 11. The molecule has 5 N–H and O–H groups in total. The highest BCUT2D eigenvalue weighted by Gasteiger charge is 2.42. The fourth-order valence-electron chi connectivity index (χ4n) is 5.03. The van der Waals surface area contributed by atoms with Crippen LogP contribution >= 0.6 is 24.2 Å². The second-order valence-corrected chi connectivity index (χ2v) is 13.1. The minimum Gasteiger partial charge on any atom is -0.377 e. The number of urea groups is 1. The normalized spacial score (nSPS) is 17.6. The zero-order valence-electron chi connectivity index (χ0n) is 31.8. The van der Waals surface area contributed by atoms with Gasteiger partial charge in [-0.3, -0.25) is 4.79 Å². The lowest BCUT2D eigenvalue weighted by Crippen LogP contribution is -2.36. The Kier molecular flexibility index (Phi) is 36.5. The number of fused-ring (bicyclic) bond motifs is 1. The van der Waals surface area contributed by atoms with Crippen molar-refractivity contribution in [2.45, 2.75) is 43.0 Å². The van der Waals surface area contributed by atoms with E-state index in [0.29, 0.717) is 170 Å². The molecule has 0 bridgehead atoms. The molecule has 0 spiro atoms. The molecule has 0 aromatic carbocycles. The molecule has 0 aromatic heterocycles. The van der Waals surface area contributed by atoms with Gasteiger partial charge < -0.3 is 72.9 Å². The molecule has 20 heteroatoms. The number of thioether (sulfide) groups is 1. The molecule has 0 aromatic rings. The van der Waals surface area contributed by atoms with Crippen molar-refractivity contribution in [2.24, 2.45) is 5.90 Å². The van der Waals surface area contributed by atoms with Gasteiger partial charge in [-0.05, 0) is 12.8 Å². The van der Waals surface area contributed by atoms with Gasteiger partial charge in [0.2, 0.25) is 5.91 Å². The summed E-state index contributed by atoms with van der Waals surface area (Å²) >= 11 is 1.90. The van der Waals surface area contributed by atoms with Crippen LogP contribution in [-0.2, 0) is 61.7 Å². The maximum absolute atomic E-state index is 12.0. The molecule has 3 atom stereocenters. The smallest absolute Gasteiger partial charge is 0.315 e. The summed E-state index contributed by atoms with van der Waals surface area (Å²) in [6.07, 6.45) is 3.33. The Hall–Kier alpha value is -1.14. The predicted molar refractivity (Wildman–Crippen MR) is 203 cm³/mol. The van der Waals surface area contributed by atoms with E-state index in [1.165, 1.54) is 0 Å². The van der Waals surface area contributed by atoms with E-state index in [-0.39, 0.29) is 36.4 Å². The van der Waals surface area contributed by atoms with E-state index in [1.54, 1.807) is 0 Å². The summed E-state index contributed by atoms with van der Waals surface area (Å²) in [7, 11) is 0. The first-order valence-electron chi connectivity index (χ1n) is 18.8. The quantitative estimate of drug-likeness (QED) is 0.0372. The number of hydrogen-bond acceptors (Lipinski definition) is 16. The molecule has 3 unspecified atom stereocenters. The van der Waals surface area contributed by atoms with Gasteiger partial charge in [-0.15, -0.1) is 12.4 Å². The number of unbranched alkanes of at least 4 members (excludes halogenated alkanes) is 1. The summed E-state index contributed by atoms with van der Waals surface area (Å²) in [5.41, 5.74) is 0. The standard InChI is InChI=1S/C34H66N4O14S.ClH/c35-52-28-27-51-26-25-50-24-23-49-22-21-48-20-19-47-18-17-46-16-15-45-14-13-44-12-11-43-10-9-42-8-7-41-6-5-36-32(39)4-2-1-3-31-33-30(29-53-31)37-34(40)38-33;/h30-31,33H,1-29,35H2,(H,36,39)(H2,37,38,40);1H. The van der Waals surface area contributed by atoms with Gasteiger partial charge in [0.15, 0.2) is 0 Å². The Morgan fingerprint density at radius 2 is 0.944 bits per heavy atom. The monoisotopic (exact) mass is 822 g/mol. The molecule has 18 nitrogen and oxygen atoms in total. The summed E-state index contributed by atoms with van der Waals surface area (Å²) in [5, 5.41) is 9.28. The molecular formula is C34H67ClN4O14S. The number of carbonyl (C=O) groups excluding carboxylic acids is 2. The number of hydrogen-bond donors (Lipinski definition) is 4. The Labute approximate surface area is 331 Å². The predicted octanol–water partition coefficient (Wildman–Crippen LogP) is 0.323. The highest BCUT2D eigenvalue weighted by molar-refractivity contribution is 8.00. The molecular weight excluding hydrogens is 756 g/mol. The van der Waals surface area contributed by atoms with Crippen LogP contribution in [-0.4, -0.2) is 194 Å². The molecule has 320 valence electrons. The molecule has 0 saturated carbocycles. The van der Waals surface area contributed by atoms with E-state index >= 15 is 0 Å². The van der Waals surface area contributed by atoms with E-state index in [2.05, 4.69) is 20.8 Å². The van der Waals surface area contributed by atoms with E-state index in [4.69, 9.17) is 58.0 Å². The number of nitrogens with two attached hydrogens (primary N) is 1. The average Bonchev–Trinajstić information content (AvgIpc) is 3.72. The molecule has 3 amide bonds. The van der Waals surface area contributed by atoms with Gasteiger partial charge in [-0.25, -0.2) is 10.7 Å². The SMILES string of the molecule is Cl.NOCCOCCOCCOCCOCCOCCOCCOCCOCCOCCOCCOCCNC(=O)CCCCC1SCC2NC(=O)NC21. The van der Waals surface area contributed by atoms with Crippen molar-refractivity contribution in [3.05, 3.63) is 0 Å². The van der Waals surface area contributed by atoms with E-state index in [1.807, 2.05) is 11.8 Å². The van der Waals surface area contributed by atoms with Gasteiger partial charge in [-0.2, -0.15) is 11.8 Å². The van der Waals surface area contributed by atoms with Crippen LogP contribution < -0.4 is 21.8 Å². The van der Waals surface area contributed by atoms with Crippen LogP contribution in [0.2, 0.25) is 0 Å². The Morgan fingerprint density at radius 1 is 0.574 bits per heavy atom. The largest absolute Gasteiger partial charge is 0.377 e. The number of nitrogens with one attached hydrogen (secondary N) is 3. The lowest BCUT2D eigenvalue weighted by atomic mass is 10.0. The minimum absolute atomic E-state index is 0. The van der Waals surface area contributed by atoms with Crippen LogP contribution in [0.4, 0.5) is 4.79 Å². The van der Waals surface area contributed by atoms with Crippen LogP contribution in [0, 0.1) is 0 Å². The van der Waals surface area contributed by atoms with Crippen molar-refractivity contribution < 1.29 is 66.5 Å². The van der Waals surface area contributed by atoms with Gasteiger partial charge in [0.05, 0.1) is 164 Å². The second-order valence-electron chi connectivity index (χ2n) is 11.8. The van der Waals surface area contributed by atoms with Crippen molar-refractivity contribution in [1.82, 2.24) is 16.0 Å². The summed E-state index contributed by atoms with van der Waals surface area (Å²) in [4.78, 5) is 27.9. The van der Waals surface area contributed by atoms with E-state index < -0.39 is 0 Å². The lowest BCUT2D eigenvalue weighted by Gasteiger charge is -2.16. The molecule has 2 rings (SSSR count). The lowest BCUT2D eigenvalue weighted by molar-refractivity contribution is -0.121. The first-order valence-corrected chi connectivity index (χ1v) is 19.9. The van der Waals surface area contributed by atoms with Crippen molar-refractivity contribution in [3.8, 4) is 0 Å². The second kappa shape index (κ2) is 38.7. The van der Waals surface area contributed by atoms with Crippen LogP contribution in [0.1, 0.15) is 25.7 Å². The summed E-state index contributed by atoms with van der Waals surface area (Å²) < 4.78 is 59.9. The molecule has 2 saturated heterocycles. The van der Waals surface area contributed by atoms with E-state index in [0.717, 1.165) is 25.0 Å². The number of amides is 3. The average molecular weight is 823 g/mol. The highest BCUT2D eigenvalue weighted by atomic mass is 35.5. The fourth-order valence-corrected chi connectivity index (χ4v) is 6.58. The zero-order valence-corrected chi connectivity index (χ0v) is 33.5. The number of halogens is 1. The van der Waals surface area contributed by atoms with Gasteiger partial charge in [0, 0.05) is 24.0 Å². The first kappa shape index (κ1) is 50.9. The Morgan fingerprint density at radius 3 is 1.33 bits per heavy atom. The number of rotatable bonds is 41. The van der Waals surface area contributed by atoms with Gasteiger partial charge >= 0.3 is 6.03 Å². The van der Waals surface area contributed by atoms with Gasteiger partial charge in [-0.1, -0.05) is 6.42 Å². The van der Waals surface area contributed by atoms with E-state index in [9.17, 15) is 9.59 Å². The third kappa shape index (κ3) is 30.1. The maximum Gasteiger partial charge on any atom is 0.315 e. The third-order valence-electron chi connectivity index (χ3n) is 7.71. The van der Waals surface area contributed by atoms with Crippen LogP contribution in [0.5, 0.6) is 0 Å². The fraction of sp³-hybridized carbons (Fsp3) is 0.941. The third-order valence-corrected chi connectivity index (χ3v) is 9.22. The number of carbonyl (C=O) groups is 2. The van der Waals surface area contributed by atoms with Gasteiger partial charge in [0.25, 0.3) is 0 Å². The van der Waals surface area contributed by atoms with Crippen LogP contribution in [0.25, 0.3) is 0 Å². The van der Waals surface area contributed by atoms with Crippen molar-refractivity contribution in [1.29, 1.82) is 0 Å².